The summed E-state index contributed by atoms with van der Waals surface area (Å²) < 4.78 is 5.42. The number of carbonyl (C=O) groups is 1. The van der Waals surface area contributed by atoms with Crippen LogP contribution < -0.4 is 10.1 Å². The second-order valence-corrected chi connectivity index (χ2v) is 4.22. The number of ether oxygens (including phenoxy) is 1. The largest absolute Gasteiger partial charge is 0.494 e. The van der Waals surface area contributed by atoms with E-state index in [9.17, 15) is 4.79 Å². The summed E-state index contributed by atoms with van der Waals surface area (Å²) in [5.41, 5.74) is 2.96. The van der Waals surface area contributed by atoms with Crippen molar-refractivity contribution in [1.82, 2.24) is 0 Å². The Labute approximate surface area is 113 Å². The van der Waals surface area contributed by atoms with Gasteiger partial charge in [0, 0.05) is 12.6 Å². The third-order valence-corrected chi connectivity index (χ3v) is 2.68. The second-order valence-electron chi connectivity index (χ2n) is 4.22. The van der Waals surface area contributed by atoms with E-state index in [1.807, 2.05) is 55.5 Å². The molecular formula is C16H17NO2. The Morgan fingerprint density at radius 3 is 2.47 bits per heavy atom. The summed E-state index contributed by atoms with van der Waals surface area (Å²) in [7, 11) is 0. The van der Waals surface area contributed by atoms with Crippen molar-refractivity contribution in [1.29, 1.82) is 0 Å². The second kappa shape index (κ2) is 6.05. The van der Waals surface area contributed by atoms with Gasteiger partial charge in [-0.3, -0.25) is 4.79 Å². The topological polar surface area (TPSA) is 38.3 Å². The Hall–Kier alpha value is -2.29. The van der Waals surface area contributed by atoms with Crippen molar-refractivity contribution >= 4 is 11.6 Å². The lowest BCUT2D eigenvalue weighted by atomic mass is 10.1. The molecule has 0 radical (unpaired) electrons. The van der Waals surface area contributed by atoms with Crippen molar-refractivity contribution in [3.05, 3.63) is 48.5 Å². The molecule has 2 aromatic rings. The number of rotatable bonds is 4. The van der Waals surface area contributed by atoms with Crippen molar-refractivity contribution in [3.8, 4) is 16.9 Å². The average molecular weight is 255 g/mol. The fourth-order valence-electron chi connectivity index (χ4n) is 1.89. The molecule has 0 fully saturated rings. The molecule has 3 nitrogen and oxygen atoms in total. The van der Waals surface area contributed by atoms with Gasteiger partial charge in [-0.05, 0) is 42.3 Å². The van der Waals surface area contributed by atoms with Gasteiger partial charge in [0.15, 0.2) is 0 Å². The van der Waals surface area contributed by atoms with Crippen molar-refractivity contribution < 1.29 is 9.53 Å². The molecule has 98 valence electrons. The molecule has 19 heavy (non-hydrogen) atoms. The lowest BCUT2D eigenvalue weighted by Crippen LogP contribution is -2.05. The van der Waals surface area contributed by atoms with E-state index in [0.29, 0.717) is 6.61 Å². The zero-order valence-electron chi connectivity index (χ0n) is 11.1. The summed E-state index contributed by atoms with van der Waals surface area (Å²) >= 11 is 0. The molecule has 1 N–H and O–H groups in total. The number of benzene rings is 2. The lowest BCUT2D eigenvalue weighted by molar-refractivity contribution is -0.114. The predicted octanol–water partition coefficient (Wildman–Crippen LogP) is 3.71. The third-order valence-electron chi connectivity index (χ3n) is 2.68. The number of hydrogen-bond acceptors (Lipinski definition) is 2. The minimum Gasteiger partial charge on any atom is -0.494 e. The van der Waals surface area contributed by atoms with Gasteiger partial charge in [-0.1, -0.05) is 24.3 Å². The molecule has 0 heterocycles. The quantitative estimate of drug-likeness (QED) is 0.904. The highest BCUT2D eigenvalue weighted by atomic mass is 16.5. The summed E-state index contributed by atoms with van der Waals surface area (Å²) in [6, 6.07) is 15.7. The van der Waals surface area contributed by atoms with Crippen LogP contribution in [0.4, 0.5) is 5.69 Å². The monoisotopic (exact) mass is 255 g/mol. The highest BCUT2D eigenvalue weighted by Gasteiger charge is 2.01. The van der Waals surface area contributed by atoms with Gasteiger partial charge in [0.2, 0.25) is 5.91 Å². The van der Waals surface area contributed by atoms with Gasteiger partial charge in [-0.15, -0.1) is 0 Å². The van der Waals surface area contributed by atoms with E-state index in [4.69, 9.17) is 4.74 Å². The molecule has 0 aromatic heterocycles. The van der Waals surface area contributed by atoms with Gasteiger partial charge < -0.3 is 10.1 Å². The van der Waals surface area contributed by atoms with Crippen molar-refractivity contribution in [3.63, 3.8) is 0 Å². The Balaban J connectivity index is 2.23. The first kappa shape index (κ1) is 13.1. The Morgan fingerprint density at radius 1 is 1.11 bits per heavy atom. The first-order valence-corrected chi connectivity index (χ1v) is 6.30. The number of carbonyl (C=O) groups excluding carboxylic acids is 1. The maximum atomic E-state index is 11.0. The maximum Gasteiger partial charge on any atom is 0.221 e. The number of amides is 1. The fraction of sp³-hybridized carbons (Fsp3) is 0.188. The van der Waals surface area contributed by atoms with Crippen LogP contribution in [0.15, 0.2) is 48.5 Å². The molecule has 0 saturated carbocycles. The zero-order chi connectivity index (χ0) is 13.7. The molecule has 1 amide bonds. The number of hydrogen-bond donors (Lipinski definition) is 1. The van der Waals surface area contributed by atoms with E-state index in [1.54, 1.807) is 0 Å². The van der Waals surface area contributed by atoms with Crippen molar-refractivity contribution in [2.75, 3.05) is 11.9 Å². The normalized spacial score (nSPS) is 10.0. The number of nitrogens with one attached hydrogen (secondary N) is 1. The van der Waals surface area contributed by atoms with E-state index < -0.39 is 0 Å². The zero-order valence-corrected chi connectivity index (χ0v) is 11.1. The van der Waals surface area contributed by atoms with Gasteiger partial charge in [0.25, 0.3) is 0 Å². The molecule has 2 aromatic carbocycles. The summed E-state index contributed by atoms with van der Waals surface area (Å²) in [5, 5.41) is 2.78. The van der Waals surface area contributed by atoms with E-state index in [1.165, 1.54) is 6.92 Å². The molecule has 0 saturated heterocycles. The first-order valence-electron chi connectivity index (χ1n) is 6.30. The van der Waals surface area contributed by atoms with Gasteiger partial charge >= 0.3 is 0 Å². The lowest BCUT2D eigenvalue weighted by Gasteiger charge is -2.07. The molecule has 2 rings (SSSR count). The molecular weight excluding hydrogens is 238 g/mol. The molecule has 0 bridgehead atoms. The van der Waals surface area contributed by atoms with E-state index in [-0.39, 0.29) is 5.91 Å². The predicted molar refractivity (Wildman–Crippen MR) is 77.4 cm³/mol. The molecule has 0 aliphatic heterocycles. The fourth-order valence-corrected chi connectivity index (χ4v) is 1.89. The van der Waals surface area contributed by atoms with Crippen LogP contribution in [0.1, 0.15) is 13.8 Å². The van der Waals surface area contributed by atoms with Gasteiger partial charge in [0.05, 0.1) is 6.61 Å². The number of anilines is 1. The van der Waals surface area contributed by atoms with Crippen LogP contribution in [0.25, 0.3) is 11.1 Å². The van der Waals surface area contributed by atoms with Crippen LogP contribution in [0.5, 0.6) is 5.75 Å². The highest BCUT2D eigenvalue weighted by molar-refractivity contribution is 5.89. The van der Waals surface area contributed by atoms with Crippen LogP contribution in [0.2, 0.25) is 0 Å². The smallest absolute Gasteiger partial charge is 0.221 e. The SMILES string of the molecule is CCOc1ccc(-c2cccc(NC(C)=O)c2)cc1. The minimum absolute atomic E-state index is 0.0659. The highest BCUT2D eigenvalue weighted by Crippen LogP contribution is 2.24. The maximum absolute atomic E-state index is 11.0. The van der Waals surface area contributed by atoms with E-state index in [2.05, 4.69) is 5.32 Å². The van der Waals surface area contributed by atoms with Crippen LogP contribution in [-0.4, -0.2) is 12.5 Å². The first-order chi connectivity index (χ1) is 9.19. The summed E-state index contributed by atoms with van der Waals surface area (Å²) in [4.78, 5) is 11.0. The molecule has 0 unspecified atom stereocenters. The molecule has 0 aliphatic carbocycles. The Kier molecular flexibility index (Phi) is 4.18. The Morgan fingerprint density at radius 2 is 1.84 bits per heavy atom. The average Bonchev–Trinajstić information content (AvgIpc) is 2.39. The standard InChI is InChI=1S/C16H17NO2/c1-3-19-16-9-7-13(8-10-16)14-5-4-6-15(11-14)17-12(2)18/h4-11H,3H2,1-2H3,(H,17,18). The molecule has 3 heteroatoms. The van der Waals surface area contributed by atoms with Crippen LogP contribution in [-0.2, 0) is 4.79 Å². The Bertz CT molecular complexity index is 561. The molecule has 0 spiro atoms. The molecule has 0 atom stereocenters. The van der Waals surface area contributed by atoms with E-state index >= 15 is 0 Å². The van der Waals surface area contributed by atoms with E-state index in [0.717, 1.165) is 22.6 Å². The summed E-state index contributed by atoms with van der Waals surface area (Å²) in [6.45, 7) is 4.13. The van der Waals surface area contributed by atoms with Gasteiger partial charge in [-0.25, -0.2) is 0 Å². The van der Waals surface area contributed by atoms with Gasteiger partial charge in [-0.2, -0.15) is 0 Å². The van der Waals surface area contributed by atoms with Crippen LogP contribution in [0.3, 0.4) is 0 Å². The van der Waals surface area contributed by atoms with Crippen molar-refractivity contribution in [2.45, 2.75) is 13.8 Å². The minimum atomic E-state index is -0.0659. The summed E-state index contributed by atoms with van der Waals surface area (Å²) in [5.74, 6) is 0.799. The van der Waals surface area contributed by atoms with Crippen LogP contribution in [0, 0.1) is 0 Å². The van der Waals surface area contributed by atoms with Gasteiger partial charge in [0.1, 0.15) is 5.75 Å². The third kappa shape index (κ3) is 3.58. The summed E-state index contributed by atoms with van der Waals surface area (Å²) in [6.07, 6.45) is 0. The van der Waals surface area contributed by atoms with Crippen LogP contribution >= 0.6 is 0 Å². The van der Waals surface area contributed by atoms with Crippen molar-refractivity contribution in [2.24, 2.45) is 0 Å². The molecule has 0 aliphatic rings.